The van der Waals surface area contributed by atoms with Crippen molar-refractivity contribution in [2.45, 2.75) is 39.8 Å². The molecule has 0 bridgehead atoms. The second-order valence-electron chi connectivity index (χ2n) is 9.90. The van der Waals surface area contributed by atoms with Crippen molar-refractivity contribution < 1.29 is 22.7 Å². The van der Waals surface area contributed by atoms with E-state index in [9.17, 15) is 13.2 Å². The molecule has 0 radical (unpaired) electrons. The van der Waals surface area contributed by atoms with E-state index in [-0.39, 0.29) is 6.04 Å². The van der Waals surface area contributed by atoms with Crippen LogP contribution in [0.4, 0.5) is 5.69 Å². The molecule has 5 rings (SSSR count). The number of rotatable bonds is 6. The van der Waals surface area contributed by atoms with Crippen LogP contribution >= 0.6 is 0 Å². The number of ether oxygens (including phenoxy) is 2. The van der Waals surface area contributed by atoms with Gasteiger partial charge in [-0.15, -0.1) is 0 Å². The summed E-state index contributed by atoms with van der Waals surface area (Å²) in [4.78, 5) is 12.3. The summed E-state index contributed by atoms with van der Waals surface area (Å²) in [7, 11) is -2.08. The molecule has 0 aliphatic carbocycles. The number of hydrogen-bond acceptors (Lipinski definition) is 6. The highest BCUT2D eigenvalue weighted by atomic mass is 32.2. The van der Waals surface area contributed by atoms with E-state index in [1.165, 1.54) is 7.11 Å². The second-order valence-corrected chi connectivity index (χ2v) is 11.7. The molecule has 0 spiro atoms. The molecule has 3 aromatic carbocycles. The van der Waals surface area contributed by atoms with E-state index in [4.69, 9.17) is 9.47 Å². The van der Waals surface area contributed by atoms with Crippen LogP contribution in [0.2, 0.25) is 0 Å². The van der Waals surface area contributed by atoms with Crippen molar-refractivity contribution in [1.29, 1.82) is 0 Å². The number of aromatic nitrogens is 2. The van der Waals surface area contributed by atoms with E-state index >= 15 is 0 Å². The molecule has 0 saturated heterocycles. The number of carbonyl (C=O) groups is 1. The predicted octanol–water partition coefficient (Wildman–Crippen LogP) is 6.04. The van der Waals surface area contributed by atoms with Gasteiger partial charge in [0.05, 0.1) is 30.6 Å². The fourth-order valence-corrected chi connectivity index (χ4v) is 5.68. The lowest BCUT2D eigenvalue weighted by Gasteiger charge is -2.18. The Kier molecular flexibility index (Phi) is 6.94. The first-order valence-electron chi connectivity index (χ1n) is 12.8. The van der Waals surface area contributed by atoms with Crippen LogP contribution in [0.15, 0.2) is 60.8 Å². The van der Waals surface area contributed by atoms with Gasteiger partial charge in [0, 0.05) is 22.7 Å². The molecule has 0 saturated carbocycles. The van der Waals surface area contributed by atoms with E-state index < -0.39 is 16.0 Å². The topological polar surface area (TPSA) is 99.5 Å². The quantitative estimate of drug-likeness (QED) is 0.297. The Morgan fingerprint density at radius 3 is 2.59 bits per heavy atom. The van der Waals surface area contributed by atoms with Gasteiger partial charge in [-0.25, -0.2) is 13.2 Å². The van der Waals surface area contributed by atoms with Gasteiger partial charge in [-0.2, -0.15) is 5.10 Å². The Balaban J connectivity index is 1.81. The van der Waals surface area contributed by atoms with E-state index in [2.05, 4.69) is 42.7 Å². The SMILES string of the molecule is CC/C(=C1\c2cc3cnn(C(C)C)c3cc2COc2cc(C(=O)OC)ccc21)c1cccc(NS(C)(=O)=O)c1. The third kappa shape index (κ3) is 5.14. The Morgan fingerprint density at radius 1 is 1.10 bits per heavy atom. The van der Waals surface area contributed by atoms with Crippen molar-refractivity contribution in [2.75, 3.05) is 18.1 Å². The largest absolute Gasteiger partial charge is 0.488 e. The first-order chi connectivity index (χ1) is 18.6. The lowest BCUT2D eigenvalue weighted by molar-refractivity contribution is 0.0600. The van der Waals surface area contributed by atoms with Crippen LogP contribution in [-0.4, -0.2) is 37.5 Å². The summed E-state index contributed by atoms with van der Waals surface area (Å²) in [5.74, 6) is 0.140. The summed E-state index contributed by atoms with van der Waals surface area (Å²) in [6.45, 7) is 6.57. The minimum Gasteiger partial charge on any atom is -0.488 e. The van der Waals surface area contributed by atoms with Gasteiger partial charge in [-0.1, -0.05) is 19.1 Å². The van der Waals surface area contributed by atoms with E-state index in [0.717, 1.165) is 50.6 Å². The number of sulfonamides is 1. The summed E-state index contributed by atoms with van der Waals surface area (Å²) in [6.07, 6.45) is 3.68. The van der Waals surface area contributed by atoms with E-state index in [1.54, 1.807) is 18.2 Å². The molecule has 2 heterocycles. The van der Waals surface area contributed by atoms with Gasteiger partial charge in [-0.3, -0.25) is 9.40 Å². The standard InChI is InChI=1S/C30H31N3O5S/c1-6-24(19-8-7-9-23(12-19)32-39(5,35)36)29-25-11-10-20(30(34)37-4)15-28(25)38-17-22-14-27-21(13-26(22)29)16-31-33(27)18(2)3/h7-16,18,32H,6,17H2,1-5H3/b29-24+. The number of methoxy groups -OCH3 is 1. The van der Waals surface area contributed by atoms with Crippen LogP contribution in [0, 0.1) is 0 Å². The molecule has 0 fully saturated rings. The predicted molar refractivity (Wildman–Crippen MR) is 153 cm³/mol. The maximum Gasteiger partial charge on any atom is 0.337 e. The zero-order valence-corrected chi connectivity index (χ0v) is 23.4. The Bertz CT molecular complexity index is 1730. The summed E-state index contributed by atoms with van der Waals surface area (Å²) in [6, 6.07) is 17.2. The molecule has 0 amide bonds. The molecule has 9 heteroatoms. The highest BCUT2D eigenvalue weighted by Gasteiger charge is 2.25. The van der Waals surface area contributed by atoms with Crippen LogP contribution in [0.25, 0.3) is 22.0 Å². The number of benzene rings is 3. The third-order valence-electron chi connectivity index (χ3n) is 6.80. The maximum atomic E-state index is 12.3. The number of esters is 1. The van der Waals surface area contributed by atoms with E-state index in [1.807, 2.05) is 35.1 Å². The maximum absolute atomic E-state index is 12.3. The number of carbonyl (C=O) groups excluding carboxylic acids is 1. The molecular weight excluding hydrogens is 514 g/mol. The molecule has 39 heavy (non-hydrogen) atoms. The second kappa shape index (κ2) is 10.2. The normalized spacial score (nSPS) is 14.3. The highest BCUT2D eigenvalue weighted by molar-refractivity contribution is 7.92. The summed E-state index contributed by atoms with van der Waals surface area (Å²) < 4.78 is 39.7. The van der Waals surface area contributed by atoms with Crippen molar-refractivity contribution in [3.8, 4) is 5.75 Å². The van der Waals surface area contributed by atoms with Gasteiger partial charge in [0.1, 0.15) is 12.4 Å². The molecule has 1 aromatic heterocycles. The average Bonchev–Trinajstić information content (AvgIpc) is 3.25. The average molecular weight is 546 g/mol. The smallest absolute Gasteiger partial charge is 0.337 e. The Hall–Kier alpha value is -4.11. The van der Waals surface area contributed by atoms with Crippen molar-refractivity contribution >= 4 is 43.7 Å². The molecule has 0 atom stereocenters. The van der Waals surface area contributed by atoms with Crippen LogP contribution < -0.4 is 9.46 Å². The van der Waals surface area contributed by atoms with Gasteiger partial charge in [0.15, 0.2) is 0 Å². The minimum absolute atomic E-state index is 0.193. The Morgan fingerprint density at radius 2 is 1.90 bits per heavy atom. The van der Waals surface area contributed by atoms with Crippen LogP contribution in [0.1, 0.15) is 65.8 Å². The van der Waals surface area contributed by atoms with Crippen LogP contribution in [-0.2, 0) is 21.4 Å². The zero-order chi connectivity index (χ0) is 27.9. The van der Waals surface area contributed by atoms with E-state index in [0.29, 0.717) is 30.0 Å². The fraction of sp³-hybridized carbons (Fsp3) is 0.267. The molecule has 1 aliphatic heterocycles. The highest BCUT2D eigenvalue weighted by Crippen LogP contribution is 2.44. The molecule has 1 aliphatic rings. The number of fused-ring (bicyclic) bond motifs is 3. The summed E-state index contributed by atoms with van der Waals surface area (Å²) >= 11 is 0. The molecular formula is C30H31N3O5S. The molecule has 0 unspecified atom stereocenters. The number of hydrogen-bond donors (Lipinski definition) is 1. The molecule has 8 nitrogen and oxygen atoms in total. The fourth-order valence-electron chi connectivity index (χ4n) is 5.13. The van der Waals surface area contributed by atoms with Gasteiger partial charge in [0.2, 0.25) is 10.0 Å². The third-order valence-corrected chi connectivity index (χ3v) is 7.41. The monoisotopic (exact) mass is 545 g/mol. The van der Waals surface area contributed by atoms with Crippen molar-refractivity contribution in [3.63, 3.8) is 0 Å². The van der Waals surface area contributed by atoms with Crippen molar-refractivity contribution in [1.82, 2.24) is 9.78 Å². The molecule has 1 N–H and O–H groups in total. The van der Waals surface area contributed by atoms with Gasteiger partial charge >= 0.3 is 5.97 Å². The van der Waals surface area contributed by atoms with Gasteiger partial charge < -0.3 is 9.47 Å². The lowest BCUT2D eigenvalue weighted by atomic mass is 9.85. The number of allylic oxidation sites excluding steroid dienone is 1. The van der Waals surface area contributed by atoms with Crippen LogP contribution in [0.5, 0.6) is 5.75 Å². The zero-order valence-electron chi connectivity index (χ0n) is 22.6. The lowest BCUT2D eigenvalue weighted by Crippen LogP contribution is -2.09. The minimum atomic E-state index is -3.44. The van der Waals surface area contributed by atoms with Gasteiger partial charge in [-0.05, 0) is 90.6 Å². The number of anilines is 1. The van der Waals surface area contributed by atoms with Crippen molar-refractivity contribution in [3.05, 3.63) is 88.6 Å². The number of nitrogens with zero attached hydrogens (tertiary/aromatic N) is 2. The first kappa shape index (κ1) is 26.5. The number of nitrogens with one attached hydrogen (secondary N) is 1. The van der Waals surface area contributed by atoms with Crippen LogP contribution in [0.3, 0.4) is 0 Å². The first-order valence-corrected chi connectivity index (χ1v) is 14.7. The Labute approximate surface area is 228 Å². The van der Waals surface area contributed by atoms with Gasteiger partial charge in [0.25, 0.3) is 0 Å². The summed E-state index contributed by atoms with van der Waals surface area (Å²) in [5, 5.41) is 5.62. The molecule has 202 valence electrons. The molecule has 4 aromatic rings. The summed E-state index contributed by atoms with van der Waals surface area (Å²) in [5.41, 5.74) is 7.62. The van der Waals surface area contributed by atoms with Crippen molar-refractivity contribution in [2.24, 2.45) is 0 Å².